The third kappa shape index (κ3) is 3.77. The second-order valence-corrected chi connectivity index (χ2v) is 7.85. The topological polar surface area (TPSA) is 67.8 Å². The summed E-state index contributed by atoms with van der Waals surface area (Å²) in [5, 5.41) is 4.93. The number of aromatic nitrogens is 3. The SMILES string of the molecule is Cc1nc(CCNC(=O)c2cc(-c3ccncc3)nc3ccccc23)sc1C. The van der Waals surface area contributed by atoms with Crippen molar-refractivity contribution in [3.63, 3.8) is 0 Å². The highest BCUT2D eigenvalue weighted by molar-refractivity contribution is 7.11. The minimum absolute atomic E-state index is 0.0982. The Labute approximate surface area is 167 Å². The van der Waals surface area contributed by atoms with Gasteiger partial charge in [-0.05, 0) is 38.1 Å². The van der Waals surface area contributed by atoms with E-state index in [9.17, 15) is 4.79 Å². The number of amides is 1. The number of nitrogens with zero attached hydrogens (tertiary/aromatic N) is 3. The number of pyridine rings is 2. The third-order valence-corrected chi connectivity index (χ3v) is 5.77. The molecule has 3 heterocycles. The van der Waals surface area contributed by atoms with E-state index in [2.05, 4.69) is 22.2 Å². The average Bonchev–Trinajstić information content (AvgIpc) is 3.05. The molecule has 0 fully saturated rings. The van der Waals surface area contributed by atoms with E-state index in [-0.39, 0.29) is 5.91 Å². The molecule has 1 amide bonds. The van der Waals surface area contributed by atoms with E-state index in [1.165, 1.54) is 4.88 Å². The van der Waals surface area contributed by atoms with Crippen LogP contribution in [0.4, 0.5) is 0 Å². The number of hydrogen-bond acceptors (Lipinski definition) is 5. The first-order chi connectivity index (χ1) is 13.6. The predicted molar refractivity (Wildman–Crippen MR) is 113 cm³/mol. The van der Waals surface area contributed by atoms with Gasteiger partial charge in [0.15, 0.2) is 0 Å². The van der Waals surface area contributed by atoms with Crippen molar-refractivity contribution < 1.29 is 4.79 Å². The van der Waals surface area contributed by atoms with Crippen molar-refractivity contribution in [3.8, 4) is 11.3 Å². The van der Waals surface area contributed by atoms with Gasteiger partial charge in [0, 0.05) is 41.2 Å². The Morgan fingerprint density at radius 3 is 2.61 bits per heavy atom. The minimum atomic E-state index is -0.0982. The number of fused-ring (bicyclic) bond motifs is 1. The van der Waals surface area contributed by atoms with Gasteiger partial charge in [-0.3, -0.25) is 9.78 Å². The lowest BCUT2D eigenvalue weighted by Crippen LogP contribution is -2.26. The first-order valence-electron chi connectivity index (χ1n) is 9.13. The lowest BCUT2D eigenvalue weighted by atomic mass is 10.0. The lowest BCUT2D eigenvalue weighted by Gasteiger charge is -2.10. The molecule has 28 heavy (non-hydrogen) atoms. The summed E-state index contributed by atoms with van der Waals surface area (Å²) in [5.41, 5.74) is 4.19. The molecule has 5 nitrogen and oxygen atoms in total. The van der Waals surface area contributed by atoms with Crippen molar-refractivity contribution in [3.05, 3.63) is 76.0 Å². The zero-order chi connectivity index (χ0) is 19.5. The molecule has 1 N–H and O–H groups in total. The van der Waals surface area contributed by atoms with Crippen LogP contribution in [0.15, 0.2) is 54.9 Å². The maximum Gasteiger partial charge on any atom is 0.252 e. The number of nitrogens with one attached hydrogen (secondary N) is 1. The number of thiazole rings is 1. The first-order valence-corrected chi connectivity index (χ1v) is 9.95. The summed E-state index contributed by atoms with van der Waals surface area (Å²) in [6, 6.07) is 13.4. The maximum absolute atomic E-state index is 12.9. The van der Waals surface area contributed by atoms with Gasteiger partial charge in [0.05, 0.1) is 27.5 Å². The van der Waals surface area contributed by atoms with Crippen molar-refractivity contribution in [2.45, 2.75) is 20.3 Å². The highest BCUT2D eigenvalue weighted by atomic mass is 32.1. The van der Waals surface area contributed by atoms with Crippen LogP contribution in [0.3, 0.4) is 0 Å². The van der Waals surface area contributed by atoms with Crippen LogP contribution in [0.2, 0.25) is 0 Å². The number of rotatable bonds is 5. The Hall–Kier alpha value is -3.12. The molecule has 0 spiro atoms. The molecule has 0 saturated carbocycles. The quantitative estimate of drug-likeness (QED) is 0.552. The summed E-state index contributed by atoms with van der Waals surface area (Å²) >= 11 is 1.69. The van der Waals surface area contributed by atoms with E-state index in [0.29, 0.717) is 12.1 Å². The summed E-state index contributed by atoms with van der Waals surface area (Å²) in [7, 11) is 0. The van der Waals surface area contributed by atoms with E-state index in [4.69, 9.17) is 4.98 Å². The minimum Gasteiger partial charge on any atom is -0.352 e. The fourth-order valence-electron chi connectivity index (χ4n) is 3.06. The molecular weight excluding hydrogens is 368 g/mol. The van der Waals surface area contributed by atoms with Crippen LogP contribution in [-0.4, -0.2) is 27.4 Å². The highest BCUT2D eigenvalue weighted by Crippen LogP contribution is 2.24. The smallest absolute Gasteiger partial charge is 0.252 e. The van der Waals surface area contributed by atoms with Gasteiger partial charge in [-0.15, -0.1) is 11.3 Å². The number of carbonyl (C=O) groups is 1. The van der Waals surface area contributed by atoms with E-state index < -0.39 is 0 Å². The molecular formula is C22H20N4OS. The molecule has 4 aromatic rings. The number of aryl methyl sites for hydroxylation is 2. The van der Waals surface area contributed by atoms with Gasteiger partial charge < -0.3 is 5.32 Å². The van der Waals surface area contributed by atoms with Crippen LogP contribution in [0.25, 0.3) is 22.2 Å². The van der Waals surface area contributed by atoms with Crippen LogP contribution in [-0.2, 0) is 6.42 Å². The van der Waals surface area contributed by atoms with Crippen molar-refractivity contribution in [1.29, 1.82) is 0 Å². The fraction of sp³-hybridized carbons (Fsp3) is 0.182. The van der Waals surface area contributed by atoms with Crippen LogP contribution in [0.1, 0.15) is 25.9 Å². The van der Waals surface area contributed by atoms with Crippen molar-refractivity contribution in [2.75, 3.05) is 6.54 Å². The fourth-order valence-corrected chi connectivity index (χ4v) is 3.99. The molecule has 0 radical (unpaired) electrons. The summed E-state index contributed by atoms with van der Waals surface area (Å²) in [5.74, 6) is -0.0982. The molecule has 0 aliphatic carbocycles. The second kappa shape index (κ2) is 7.86. The summed E-state index contributed by atoms with van der Waals surface area (Å²) in [6.07, 6.45) is 4.18. The zero-order valence-electron chi connectivity index (χ0n) is 15.8. The van der Waals surface area contributed by atoms with Gasteiger partial charge in [-0.25, -0.2) is 9.97 Å². The zero-order valence-corrected chi connectivity index (χ0v) is 16.6. The van der Waals surface area contributed by atoms with Gasteiger partial charge in [-0.1, -0.05) is 18.2 Å². The number of hydrogen-bond donors (Lipinski definition) is 1. The third-order valence-electron chi connectivity index (χ3n) is 4.63. The normalized spacial score (nSPS) is 10.9. The van der Waals surface area contributed by atoms with E-state index in [0.717, 1.165) is 39.3 Å². The van der Waals surface area contributed by atoms with Crippen LogP contribution in [0.5, 0.6) is 0 Å². The van der Waals surface area contributed by atoms with E-state index in [1.807, 2.05) is 49.4 Å². The maximum atomic E-state index is 12.9. The number of benzene rings is 1. The lowest BCUT2D eigenvalue weighted by molar-refractivity contribution is 0.0956. The monoisotopic (exact) mass is 388 g/mol. The summed E-state index contributed by atoms with van der Waals surface area (Å²) < 4.78 is 0. The molecule has 0 bridgehead atoms. The number of para-hydroxylation sites is 1. The average molecular weight is 388 g/mol. The van der Waals surface area contributed by atoms with Crippen molar-refractivity contribution in [1.82, 2.24) is 20.3 Å². The molecule has 0 aliphatic heterocycles. The van der Waals surface area contributed by atoms with Crippen molar-refractivity contribution >= 4 is 28.1 Å². The van der Waals surface area contributed by atoms with Gasteiger partial charge in [0.1, 0.15) is 0 Å². The standard InChI is InChI=1S/C22H20N4OS/c1-14-15(2)28-21(25-14)9-12-24-22(27)18-13-20(16-7-10-23-11-8-16)26-19-6-4-3-5-17(18)19/h3-8,10-11,13H,9,12H2,1-2H3,(H,24,27). The van der Waals surface area contributed by atoms with Gasteiger partial charge in [-0.2, -0.15) is 0 Å². The molecule has 140 valence electrons. The Balaban J connectivity index is 1.60. The highest BCUT2D eigenvalue weighted by Gasteiger charge is 2.14. The van der Waals surface area contributed by atoms with Crippen molar-refractivity contribution in [2.24, 2.45) is 0 Å². The Kier molecular flexibility index (Phi) is 5.12. The Morgan fingerprint density at radius 2 is 1.86 bits per heavy atom. The summed E-state index contributed by atoms with van der Waals surface area (Å²) in [6.45, 7) is 4.63. The Morgan fingerprint density at radius 1 is 1.07 bits per heavy atom. The number of carbonyl (C=O) groups excluding carboxylic acids is 1. The first kappa shape index (κ1) is 18.3. The molecule has 0 atom stereocenters. The van der Waals surface area contributed by atoms with Crippen LogP contribution >= 0.6 is 11.3 Å². The molecule has 0 unspecified atom stereocenters. The molecule has 3 aromatic heterocycles. The van der Waals surface area contributed by atoms with Crippen LogP contribution < -0.4 is 5.32 Å². The molecule has 6 heteroatoms. The summed E-state index contributed by atoms with van der Waals surface area (Å²) in [4.78, 5) is 27.5. The predicted octanol–water partition coefficient (Wildman–Crippen LogP) is 4.34. The van der Waals surface area contributed by atoms with E-state index in [1.54, 1.807) is 23.7 Å². The molecule has 0 saturated heterocycles. The van der Waals surface area contributed by atoms with Gasteiger partial charge >= 0.3 is 0 Å². The second-order valence-electron chi connectivity index (χ2n) is 6.56. The van der Waals surface area contributed by atoms with Gasteiger partial charge in [0.2, 0.25) is 0 Å². The molecule has 1 aromatic carbocycles. The Bertz CT molecular complexity index is 1120. The van der Waals surface area contributed by atoms with Crippen LogP contribution in [0, 0.1) is 13.8 Å². The largest absolute Gasteiger partial charge is 0.352 e. The van der Waals surface area contributed by atoms with Gasteiger partial charge in [0.25, 0.3) is 5.91 Å². The molecule has 0 aliphatic rings. The molecule has 4 rings (SSSR count). The van der Waals surface area contributed by atoms with E-state index >= 15 is 0 Å².